The molecular weight excluding hydrogens is 289 g/mol. The number of aliphatic hydroxyl groups is 1. The fraction of sp³-hybridized carbons (Fsp3) is 0.312. The zero-order valence-corrected chi connectivity index (χ0v) is 12.5. The van der Waals surface area contributed by atoms with E-state index in [1.807, 2.05) is 0 Å². The summed E-state index contributed by atoms with van der Waals surface area (Å²) >= 11 is 0. The summed E-state index contributed by atoms with van der Waals surface area (Å²) in [5.41, 5.74) is -0.987. The van der Waals surface area contributed by atoms with Gasteiger partial charge in [-0.2, -0.15) is 0 Å². The van der Waals surface area contributed by atoms with E-state index in [1.165, 1.54) is 19.1 Å². The second-order valence-corrected chi connectivity index (χ2v) is 5.75. The normalized spacial score (nSPS) is 16.3. The quantitative estimate of drug-likeness (QED) is 0.832. The maximum absolute atomic E-state index is 13.4. The third-order valence-electron chi connectivity index (χ3n) is 3.67. The van der Waals surface area contributed by atoms with Crippen LogP contribution in [0.4, 0.5) is 4.39 Å². The molecule has 22 heavy (non-hydrogen) atoms. The van der Waals surface area contributed by atoms with Crippen molar-refractivity contribution in [1.29, 1.82) is 0 Å². The van der Waals surface area contributed by atoms with E-state index in [0.29, 0.717) is 5.56 Å². The van der Waals surface area contributed by atoms with Crippen molar-refractivity contribution in [2.75, 3.05) is 6.54 Å². The third-order valence-corrected chi connectivity index (χ3v) is 3.67. The Kier molecular flexibility index (Phi) is 3.87. The molecule has 0 radical (unpaired) electrons. The van der Waals surface area contributed by atoms with Crippen molar-refractivity contribution in [3.8, 4) is 0 Å². The Morgan fingerprint density at radius 3 is 2.55 bits per heavy atom. The molecular formula is C16H16FNO4. The SMILES string of the molecule is CC(=O)CNC(=O)C1=C(O)c2cc(F)ccc2C(C)(C)C1=O. The van der Waals surface area contributed by atoms with Crippen molar-refractivity contribution in [2.24, 2.45) is 0 Å². The van der Waals surface area contributed by atoms with Crippen LogP contribution in [0.15, 0.2) is 23.8 Å². The number of carbonyl (C=O) groups excluding carboxylic acids is 3. The Morgan fingerprint density at radius 1 is 1.32 bits per heavy atom. The molecule has 0 aliphatic heterocycles. The molecule has 5 nitrogen and oxygen atoms in total. The maximum atomic E-state index is 13.4. The number of aliphatic hydroxyl groups excluding tert-OH is 1. The second-order valence-electron chi connectivity index (χ2n) is 5.75. The number of fused-ring (bicyclic) bond motifs is 1. The smallest absolute Gasteiger partial charge is 0.259 e. The minimum atomic E-state index is -1.09. The first-order valence-corrected chi connectivity index (χ1v) is 6.72. The summed E-state index contributed by atoms with van der Waals surface area (Å²) < 4.78 is 13.4. The zero-order valence-electron chi connectivity index (χ0n) is 12.5. The van der Waals surface area contributed by atoms with Crippen LogP contribution in [-0.4, -0.2) is 29.1 Å². The van der Waals surface area contributed by atoms with E-state index in [4.69, 9.17) is 0 Å². The highest BCUT2D eigenvalue weighted by Crippen LogP contribution is 2.39. The molecule has 2 rings (SSSR count). The molecule has 0 unspecified atom stereocenters. The first-order chi connectivity index (χ1) is 10.2. The first-order valence-electron chi connectivity index (χ1n) is 6.72. The molecule has 1 amide bonds. The average Bonchev–Trinajstić information content (AvgIpc) is 2.43. The number of hydrogen-bond acceptors (Lipinski definition) is 4. The third kappa shape index (κ3) is 2.52. The summed E-state index contributed by atoms with van der Waals surface area (Å²) in [5, 5.41) is 12.5. The molecule has 0 spiro atoms. The lowest BCUT2D eigenvalue weighted by Gasteiger charge is -2.31. The molecule has 2 N–H and O–H groups in total. The molecule has 0 heterocycles. The van der Waals surface area contributed by atoms with Crippen LogP contribution in [-0.2, 0) is 19.8 Å². The lowest BCUT2D eigenvalue weighted by molar-refractivity contribution is -0.126. The molecule has 0 atom stereocenters. The highest BCUT2D eigenvalue weighted by atomic mass is 19.1. The van der Waals surface area contributed by atoms with Gasteiger partial charge in [0.15, 0.2) is 5.78 Å². The van der Waals surface area contributed by atoms with Crippen LogP contribution in [0.5, 0.6) is 0 Å². The van der Waals surface area contributed by atoms with Crippen LogP contribution in [0.1, 0.15) is 31.9 Å². The lowest BCUT2D eigenvalue weighted by atomic mass is 9.71. The Labute approximate surface area is 126 Å². The van der Waals surface area contributed by atoms with E-state index < -0.39 is 34.3 Å². The van der Waals surface area contributed by atoms with Crippen LogP contribution < -0.4 is 5.32 Å². The maximum Gasteiger partial charge on any atom is 0.259 e. The molecule has 1 aliphatic carbocycles. The van der Waals surface area contributed by atoms with Gasteiger partial charge in [0.05, 0.1) is 12.0 Å². The zero-order chi connectivity index (χ0) is 16.7. The van der Waals surface area contributed by atoms with E-state index in [2.05, 4.69) is 5.32 Å². The van der Waals surface area contributed by atoms with Gasteiger partial charge in [-0.15, -0.1) is 0 Å². The summed E-state index contributed by atoms with van der Waals surface area (Å²) in [6.45, 7) is 4.22. The number of nitrogens with one attached hydrogen (secondary N) is 1. The summed E-state index contributed by atoms with van der Waals surface area (Å²) in [4.78, 5) is 35.6. The summed E-state index contributed by atoms with van der Waals surface area (Å²) in [6.07, 6.45) is 0. The molecule has 0 bridgehead atoms. The van der Waals surface area contributed by atoms with E-state index in [0.717, 1.165) is 6.07 Å². The summed E-state index contributed by atoms with van der Waals surface area (Å²) in [7, 11) is 0. The van der Waals surface area contributed by atoms with Gasteiger partial charge in [0.25, 0.3) is 5.91 Å². The Hall–Kier alpha value is -2.50. The van der Waals surface area contributed by atoms with Gasteiger partial charge in [0.1, 0.15) is 22.9 Å². The number of halogens is 1. The molecule has 0 saturated carbocycles. The number of rotatable bonds is 3. The van der Waals surface area contributed by atoms with Gasteiger partial charge < -0.3 is 10.4 Å². The van der Waals surface area contributed by atoms with Crippen LogP contribution in [0.25, 0.3) is 5.76 Å². The molecule has 6 heteroatoms. The number of ketones is 2. The standard InChI is InChI=1S/C16H16FNO4/c1-8(19)7-18-15(22)12-13(20)10-6-9(17)4-5-11(10)16(2,3)14(12)21/h4-6,20H,7H2,1-3H3,(H,18,22). The van der Waals surface area contributed by atoms with Crippen LogP contribution in [0, 0.1) is 5.82 Å². The predicted molar refractivity (Wildman–Crippen MR) is 77.7 cm³/mol. The van der Waals surface area contributed by atoms with Gasteiger partial charge in [-0.05, 0) is 38.5 Å². The minimum Gasteiger partial charge on any atom is -0.506 e. The number of benzene rings is 1. The second kappa shape index (κ2) is 5.36. The van der Waals surface area contributed by atoms with Crippen LogP contribution >= 0.6 is 0 Å². The van der Waals surface area contributed by atoms with Crippen LogP contribution in [0.3, 0.4) is 0 Å². The molecule has 1 aromatic rings. The van der Waals surface area contributed by atoms with Gasteiger partial charge in [-0.25, -0.2) is 4.39 Å². The van der Waals surface area contributed by atoms with Crippen molar-refractivity contribution in [3.05, 3.63) is 40.7 Å². The topological polar surface area (TPSA) is 83.5 Å². The summed E-state index contributed by atoms with van der Waals surface area (Å²) in [6, 6.07) is 3.70. The van der Waals surface area contributed by atoms with Gasteiger partial charge in [0.2, 0.25) is 0 Å². The van der Waals surface area contributed by atoms with Crippen molar-refractivity contribution < 1.29 is 23.9 Å². The fourth-order valence-electron chi connectivity index (χ4n) is 2.44. The monoisotopic (exact) mass is 305 g/mol. The highest BCUT2D eigenvalue weighted by Gasteiger charge is 2.43. The van der Waals surface area contributed by atoms with Crippen LogP contribution in [0.2, 0.25) is 0 Å². The predicted octanol–water partition coefficient (Wildman–Crippen LogP) is 1.66. The number of carbonyl (C=O) groups is 3. The average molecular weight is 305 g/mol. The van der Waals surface area contributed by atoms with E-state index in [9.17, 15) is 23.9 Å². The molecule has 1 aromatic carbocycles. The Balaban J connectivity index is 2.57. The molecule has 0 aromatic heterocycles. The van der Waals surface area contributed by atoms with Gasteiger partial charge >= 0.3 is 0 Å². The van der Waals surface area contributed by atoms with E-state index in [1.54, 1.807) is 13.8 Å². The Morgan fingerprint density at radius 2 is 1.95 bits per heavy atom. The first kappa shape index (κ1) is 15.9. The number of Topliss-reactive ketones (excluding diaryl/α,β-unsaturated/α-hetero) is 2. The lowest BCUT2D eigenvalue weighted by Crippen LogP contribution is -2.42. The minimum absolute atomic E-state index is 0.109. The fourth-order valence-corrected chi connectivity index (χ4v) is 2.44. The largest absolute Gasteiger partial charge is 0.506 e. The van der Waals surface area contributed by atoms with E-state index >= 15 is 0 Å². The van der Waals surface area contributed by atoms with Crippen molar-refractivity contribution in [2.45, 2.75) is 26.2 Å². The highest BCUT2D eigenvalue weighted by molar-refractivity contribution is 6.28. The van der Waals surface area contributed by atoms with Crippen molar-refractivity contribution >= 4 is 23.2 Å². The molecule has 116 valence electrons. The van der Waals surface area contributed by atoms with Crippen molar-refractivity contribution in [3.63, 3.8) is 0 Å². The van der Waals surface area contributed by atoms with Crippen molar-refractivity contribution in [1.82, 2.24) is 5.32 Å². The van der Waals surface area contributed by atoms with Gasteiger partial charge in [0, 0.05) is 5.56 Å². The molecule has 0 saturated heterocycles. The van der Waals surface area contributed by atoms with Gasteiger partial charge in [-0.3, -0.25) is 14.4 Å². The van der Waals surface area contributed by atoms with E-state index in [-0.39, 0.29) is 17.9 Å². The van der Waals surface area contributed by atoms with Gasteiger partial charge in [-0.1, -0.05) is 6.07 Å². The number of amides is 1. The summed E-state index contributed by atoms with van der Waals surface area (Å²) in [5.74, 6) is -2.87. The Bertz CT molecular complexity index is 719. The molecule has 0 fully saturated rings. The number of hydrogen-bond donors (Lipinski definition) is 2. The molecule has 1 aliphatic rings.